The Labute approximate surface area is 189 Å². The van der Waals surface area contributed by atoms with Gasteiger partial charge in [-0.3, -0.25) is 4.79 Å². The van der Waals surface area contributed by atoms with E-state index in [1.165, 1.54) is 32.1 Å². The van der Waals surface area contributed by atoms with Gasteiger partial charge < -0.3 is 10.1 Å². The van der Waals surface area contributed by atoms with E-state index in [0.717, 1.165) is 46.4 Å². The Bertz CT molecular complexity index is 1010. The number of hydrogen-bond acceptors (Lipinski definition) is 4. The summed E-state index contributed by atoms with van der Waals surface area (Å²) in [6.07, 6.45) is 7.60. The van der Waals surface area contributed by atoms with E-state index in [1.54, 1.807) is 11.8 Å². The summed E-state index contributed by atoms with van der Waals surface area (Å²) in [5, 5.41) is 5.81. The molecule has 162 valence electrons. The first-order valence-electron chi connectivity index (χ1n) is 11.4. The Morgan fingerprint density at radius 3 is 2.48 bits per heavy atom. The van der Waals surface area contributed by atoms with Crippen LogP contribution in [0.4, 0.5) is 5.69 Å². The van der Waals surface area contributed by atoms with Gasteiger partial charge in [0.05, 0.1) is 17.7 Å². The van der Waals surface area contributed by atoms with Crippen LogP contribution < -0.4 is 10.1 Å². The average molecular weight is 434 g/mol. The molecule has 1 unspecified atom stereocenters. The predicted octanol–water partition coefficient (Wildman–Crippen LogP) is 7.62. The van der Waals surface area contributed by atoms with Gasteiger partial charge >= 0.3 is 0 Å². The highest BCUT2D eigenvalue weighted by atomic mass is 32.2. The van der Waals surface area contributed by atoms with Crippen molar-refractivity contribution in [1.29, 1.82) is 0 Å². The number of hydrogen-bond donors (Lipinski definition) is 1. The lowest BCUT2D eigenvalue weighted by Crippen LogP contribution is -2.15. The fraction of sp³-hybridized carbons (Fsp3) is 0.370. The van der Waals surface area contributed by atoms with Gasteiger partial charge in [0.1, 0.15) is 5.75 Å². The molecule has 4 heteroatoms. The molecule has 0 bridgehead atoms. The second kappa shape index (κ2) is 10.7. The second-order valence-corrected chi connectivity index (χ2v) is 9.25. The number of anilines is 1. The summed E-state index contributed by atoms with van der Waals surface area (Å²) in [4.78, 5) is 12.8. The van der Waals surface area contributed by atoms with Crippen LogP contribution in [0.3, 0.4) is 0 Å². The lowest BCUT2D eigenvalue weighted by molar-refractivity contribution is 0.102. The summed E-state index contributed by atoms with van der Waals surface area (Å²) in [7, 11) is 0. The lowest BCUT2D eigenvalue weighted by Gasteiger charge is -2.24. The SMILES string of the molecule is CCCCCCCCOc1ccc(C2Nc3cccc4cccc(c34)C(=O)CS2)cc1. The summed E-state index contributed by atoms with van der Waals surface area (Å²) in [5.74, 6) is 1.56. The number of Topliss-reactive ketones (excluding diaryl/α,β-unsaturated/α-hetero) is 1. The highest BCUT2D eigenvalue weighted by Crippen LogP contribution is 2.38. The molecule has 31 heavy (non-hydrogen) atoms. The molecule has 1 aliphatic heterocycles. The number of rotatable bonds is 9. The fourth-order valence-electron chi connectivity index (χ4n) is 4.10. The Kier molecular flexibility index (Phi) is 7.52. The number of ketones is 1. The maximum absolute atomic E-state index is 12.8. The van der Waals surface area contributed by atoms with Crippen molar-refractivity contribution < 1.29 is 9.53 Å². The monoisotopic (exact) mass is 433 g/mol. The van der Waals surface area contributed by atoms with Crippen LogP contribution in [0.2, 0.25) is 0 Å². The van der Waals surface area contributed by atoms with E-state index in [9.17, 15) is 4.79 Å². The van der Waals surface area contributed by atoms with Crippen LogP contribution in [-0.4, -0.2) is 18.1 Å². The molecule has 0 saturated carbocycles. The van der Waals surface area contributed by atoms with E-state index in [1.807, 2.05) is 30.3 Å². The van der Waals surface area contributed by atoms with Crippen LogP contribution in [0.15, 0.2) is 60.7 Å². The van der Waals surface area contributed by atoms with Crippen molar-refractivity contribution in [2.24, 2.45) is 0 Å². The van der Waals surface area contributed by atoms with Gasteiger partial charge in [0.2, 0.25) is 0 Å². The van der Waals surface area contributed by atoms with Crippen LogP contribution in [0, 0.1) is 0 Å². The lowest BCUT2D eigenvalue weighted by atomic mass is 10.00. The maximum atomic E-state index is 12.8. The molecule has 0 saturated heterocycles. The van der Waals surface area contributed by atoms with Crippen molar-refractivity contribution in [3.63, 3.8) is 0 Å². The summed E-state index contributed by atoms with van der Waals surface area (Å²) in [6.45, 7) is 3.02. The molecule has 0 aromatic heterocycles. The number of thioether (sulfide) groups is 1. The first-order valence-corrected chi connectivity index (χ1v) is 12.5. The van der Waals surface area contributed by atoms with Crippen LogP contribution in [0.1, 0.15) is 66.7 Å². The van der Waals surface area contributed by atoms with Gasteiger partial charge in [-0.15, -0.1) is 11.8 Å². The van der Waals surface area contributed by atoms with Gasteiger partial charge in [-0.05, 0) is 35.6 Å². The van der Waals surface area contributed by atoms with Crippen LogP contribution in [-0.2, 0) is 0 Å². The minimum Gasteiger partial charge on any atom is -0.494 e. The number of carbonyl (C=O) groups excluding carboxylic acids is 1. The largest absolute Gasteiger partial charge is 0.494 e. The number of benzene rings is 3. The molecule has 1 aliphatic rings. The van der Waals surface area contributed by atoms with Crippen LogP contribution in [0.5, 0.6) is 5.75 Å². The molecular formula is C27H31NO2S. The molecule has 1 N–H and O–H groups in total. The van der Waals surface area contributed by atoms with Crippen molar-refractivity contribution in [3.8, 4) is 5.75 Å². The Balaban J connectivity index is 1.41. The van der Waals surface area contributed by atoms with Crippen molar-refractivity contribution in [2.75, 3.05) is 17.7 Å². The standard InChI is InChI=1S/C27H31NO2S/c1-2-3-4-5-6-7-18-30-22-16-14-21(15-17-22)27-28-24-13-9-11-20-10-8-12-23(26(20)24)25(29)19-31-27/h8-17,27-28H,2-7,18-19H2,1H3. The molecule has 0 amide bonds. The third kappa shape index (κ3) is 5.43. The zero-order valence-corrected chi connectivity index (χ0v) is 19.0. The molecule has 4 rings (SSSR count). The minimum absolute atomic E-state index is 0.0236. The van der Waals surface area contributed by atoms with E-state index in [0.29, 0.717) is 5.75 Å². The zero-order valence-electron chi connectivity index (χ0n) is 18.2. The number of nitrogens with one attached hydrogen (secondary N) is 1. The Morgan fingerprint density at radius 1 is 0.935 bits per heavy atom. The molecule has 0 radical (unpaired) electrons. The average Bonchev–Trinajstić information content (AvgIpc) is 2.80. The van der Waals surface area contributed by atoms with Crippen LogP contribution >= 0.6 is 11.8 Å². The number of carbonyl (C=O) groups is 1. The first-order chi connectivity index (χ1) is 15.3. The second-order valence-electron chi connectivity index (χ2n) is 8.15. The molecule has 3 nitrogen and oxygen atoms in total. The molecule has 0 spiro atoms. The van der Waals surface area contributed by atoms with Crippen molar-refractivity contribution in [1.82, 2.24) is 0 Å². The van der Waals surface area contributed by atoms with E-state index < -0.39 is 0 Å². The van der Waals surface area contributed by atoms with Gasteiger partial charge in [-0.1, -0.05) is 81.5 Å². The third-order valence-electron chi connectivity index (χ3n) is 5.82. The topological polar surface area (TPSA) is 38.3 Å². The summed E-state index contributed by atoms with van der Waals surface area (Å²) in [5.41, 5.74) is 2.98. The van der Waals surface area contributed by atoms with Gasteiger partial charge in [0.25, 0.3) is 0 Å². The fourth-order valence-corrected chi connectivity index (χ4v) is 5.14. The van der Waals surface area contributed by atoms with E-state index in [-0.39, 0.29) is 11.2 Å². The third-order valence-corrected chi connectivity index (χ3v) is 6.97. The molecule has 1 heterocycles. The Morgan fingerprint density at radius 2 is 1.68 bits per heavy atom. The molecule has 0 fully saturated rings. The van der Waals surface area contributed by atoms with Crippen molar-refractivity contribution >= 4 is 34.0 Å². The quantitative estimate of drug-likeness (QED) is 0.352. The van der Waals surface area contributed by atoms with Gasteiger partial charge in [0, 0.05) is 16.6 Å². The number of ether oxygens (including phenoxy) is 1. The van der Waals surface area contributed by atoms with Gasteiger partial charge in [-0.2, -0.15) is 0 Å². The first kappa shape index (κ1) is 21.8. The highest BCUT2D eigenvalue weighted by molar-refractivity contribution is 8.00. The normalized spacial score (nSPS) is 15.9. The van der Waals surface area contributed by atoms with E-state index in [2.05, 4.69) is 42.6 Å². The summed E-state index contributed by atoms with van der Waals surface area (Å²) in [6, 6.07) is 20.5. The van der Waals surface area contributed by atoms with Crippen LogP contribution in [0.25, 0.3) is 10.8 Å². The van der Waals surface area contributed by atoms with Crippen molar-refractivity contribution in [3.05, 3.63) is 71.8 Å². The highest BCUT2D eigenvalue weighted by Gasteiger charge is 2.22. The maximum Gasteiger partial charge on any atom is 0.173 e. The van der Waals surface area contributed by atoms with E-state index >= 15 is 0 Å². The smallest absolute Gasteiger partial charge is 0.173 e. The molecule has 1 atom stereocenters. The summed E-state index contributed by atoms with van der Waals surface area (Å²) < 4.78 is 5.93. The molecule has 0 aliphatic carbocycles. The molecule has 3 aromatic rings. The summed E-state index contributed by atoms with van der Waals surface area (Å²) >= 11 is 1.64. The minimum atomic E-state index is 0.0236. The Hall–Kier alpha value is -2.46. The van der Waals surface area contributed by atoms with E-state index in [4.69, 9.17) is 4.74 Å². The molecule has 3 aromatic carbocycles. The predicted molar refractivity (Wildman–Crippen MR) is 132 cm³/mol. The number of unbranched alkanes of at least 4 members (excludes halogenated alkanes) is 5. The molecular weight excluding hydrogens is 402 g/mol. The zero-order chi connectivity index (χ0) is 21.5. The van der Waals surface area contributed by atoms with Gasteiger partial charge in [0.15, 0.2) is 5.78 Å². The van der Waals surface area contributed by atoms with Gasteiger partial charge in [-0.25, -0.2) is 0 Å². The van der Waals surface area contributed by atoms with Crippen molar-refractivity contribution in [2.45, 2.75) is 50.8 Å².